The molecule has 0 saturated heterocycles. The van der Waals surface area contributed by atoms with Crippen molar-refractivity contribution in [1.82, 2.24) is 5.32 Å². The Labute approximate surface area is 157 Å². The molecular formula is C20H25NO6. The van der Waals surface area contributed by atoms with Crippen LogP contribution < -0.4 is 15.7 Å². The number of carboxylic acid groups (broad SMARTS) is 1. The summed E-state index contributed by atoms with van der Waals surface area (Å²) in [5.41, 5.74) is 1.89. The van der Waals surface area contributed by atoms with Crippen LogP contribution in [0.2, 0.25) is 0 Å². The van der Waals surface area contributed by atoms with Crippen LogP contribution in [0.25, 0.3) is 11.0 Å². The molecule has 146 valence electrons. The van der Waals surface area contributed by atoms with Crippen molar-refractivity contribution in [3.05, 3.63) is 39.2 Å². The Bertz CT molecular complexity index is 915. The summed E-state index contributed by atoms with van der Waals surface area (Å²) in [6.45, 7) is 5.48. The highest BCUT2D eigenvalue weighted by Gasteiger charge is 2.20. The van der Waals surface area contributed by atoms with Gasteiger partial charge in [-0.3, -0.25) is 4.79 Å². The van der Waals surface area contributed by atoms with Crippen molar-refractivity contribution in [2.75, 3.05) is 7.11 Å². The molecule has 1 aromatic heterocycles. The molecule has 1 amide bonds. The Kier molecular flexibility index (Phi) is 6.60. The third-order valence-electron chi connectivity index (χ3n) is 4.69. The van der Waals surface area contributed by atoms with E-state index in [0.29, 0.717) is 29.7 Å². The molecule has 0 bridgehead atoms. The molecular weight excluding hydrogens is 350 g/mol. The predicted octanol–water partition coefficient (Wildman–Crippen LogP) is 2.72. The summed E-state index contributed by atoms with van der Waals surface area (Å²) in [5, 5.41) is 12.4. The second-order valence-corrected chi connectivity index (χ2v) is 6.51. The summed E-state index contributed by atoms with van der Waals surface area (Å²) in [6.07, 6.45) is 1.20. The lowest BCUT2D eigenvalue weighted by Crippen LogP contribution is -2.40. The number of methoxy groups -OCH3 is 1. The fourth-order valence-corrected chi connectivity index (χ4v) is 3.13. The third-order valence-corrected chi connectivity index (χ3v) is 4.69. The minimum absolute atomic E-state index is 0.0136. The maximum absolute atomic E-state index is 12.4. The molecule has 1 unspecified atom stereocenters. The summed E-state index contributed by atoms with van der Waals surface area (Å²) < 4.78 is 10.7. The van der Waals surface area contributed by atoms with E-state index in [4.69, 9.17) is 14.3 Å². The van der Waals surface area contributed by atoms with E-state index >= 15 is 0 Å². The number of rotatable bonds is 8. The van der Waals surface area contributed by atoms with Crippen LogP contribution in [0.4, 0.5) is 0 Å². The van der Waals surface area contributed by atoms with E-state index in [2.05, 4.69) is 5.32 Å². The van der Waals surface area contributed by atoms with Crippen molar-refractivity contribution in [3.8, 4) is 5.75 Å². The van der Waals surface area contributed by atoms with Crippen LogP contribution in [-0.2, 0) is 16.0 Å². The first-order valence-corrected chi connectivity index (χ1v) is 8.92. The van der Waals surface area contributed by atoms with E-state index in [0.717, 1.165) is 16.5 Å². The lowest BCUT2D eigenvalue weighted by atomic mass is 10.00. The molecule has 2 rings (SSSR count). The number of hydrogen-bond donors (Lipinski definition) is 2. The molecule has 27 heavy (non-hydrogen) atoms. The molecule has 0 aliphatic carbocycles. The lowest BCUT2D eigenvalue weighted by molar-refractivity contribution is -0.142. The van der Waals surface area contributed by atoms with E-state index in [1.165, 1.54) is 0 Å². The summed E-state index contributed by atoms with van der Waals surface area (Å²) in [7, 11) is 1.55. The van der Waals surface area contributed by atoms with Crippen molar-refractivity contribution < 1.29 is 23.8 Å². The van der Waals surface area contributed by atoms with Crippen molar-refractivity contribution in [2.45, 2.75) is 52.5 Å². The normalized spacial score (nSPS) is 12.0. The quantitative estimate of drug-likeness (QED) is 0.687. The minimum atomic E-state index is -1.06. The summed E-state index contributed by atoms with van der Waals surface area (Å²) >= 11 is 0. The molecule has 7 heteroatoms. The number of ether oxygens (including phenoxy) is 1. The average Bonchev–Trinajstić information content (AvgIpc) is 2.62. The van der Waals surface area contributed by atoms with Gasteiger partial charge in [-0.1, -0.05) is 13.3 Å². The maximum atomic E-state index is 12.4. The highest BCUT2D eigenvalue weighted by Crippen LogP contribution is 2.29. The van der Waals surface area contributed by atoms with E-state index in [1.807, 2.05) is 32.9 Å². The molecule has 0 saturated carbocycles. The van der Waals surface area contributed by atoms with Crippen LogP contribution in [0.3, 0.4) is 0 Å². The van der Waals surface area contributed by atoms with Crippen molar-refractivity contribution in [2.24, 2.45) is 0 Å². The van der Waals surface area contributed by atoms with Gasteiger partial charge in [-0.25, -0.2) is 9.59 Å². The van der Waals surface area contributed by atoms with Crippen LogP contribution in [0.15, 0.2) is 21.3 Å². The molecule has 7 nitrogen and oxygen atoms in total. The van der Waals surface area contributed by atoms with Crippen LogP contribution >= 0.6 is 0 Å². The summed E-state index contributed by atoms with van der Waals surface area (Å²) in [5.74, 6) is -0.829. The fourth-order valence-electron chi connectivity index (χ4n) is 3.13. The highest BCUT2D eigenvalue weighted by molar-refractivity contribution is 5.86. The van der Waals surface area contributed by atoms with Crippen molar-refractivity contribution in [1.29, 1.82) is 0 Å². The van der Waals surface area contributed by atoms with Crippen molar-refractivity contribution in [3.63, 3.8) is 0 Å². The smallest absolute Gasteiger partial charge is 0.339 e. The number of amides is 1. The van der Waals surface area contributed by atoms with Gasteiger partial charge in [-0.15, -0.1) is 0 Å². The molecule has 0 spiro atoms. The number of hydrogen-bond acceptors (Lipinski definition) is 5. The van der Waals surface area contributed by atoms with Gasteiger partial charge in [0, 0.05) is 22.9 Å². The molecule has 0 aliphatic rings. The molecule has 1 aromatic carbocycles. The number of benzene rings is 1. The Morgan fingerprint density at radius 3 is 2.56 bits per heavy atom. The zero-order valence-electron chi connectivity index (χ0n) is 16.0. The number of carbonyl (C=O) groups is 2. The van der Waals surface area contributed by atoms with Gasteiger partial charge in [0.05, 0.1) is 7.11 Å². The predicted molar refractivity (Wildman–Crippen MR) is 101 cm³/mol. The van der Waals surface area contributed by atoms with E-state index in [1.54, 1.807) is 7.11 Å². The largest absolute Gasteiger partial charge is 0.496 e. The van der Waals surface area contributed by atoms with E-state index in [9.17, 15) is 14.4 Å². The Balaban J connectivity index is 2.23. The van der Waals surface area contributed by atoms with Crippen LogP contribution in [0.1, 0.15) is 42.9 Å². The number of carboxylic acids is 1. The summed E-state index contributed by atoms with van der Waals surface area (Å²) in [6, 6.07) is 2.72. The van der Waals surface area contributed by atoms with Gasteiger partial charge in [0.2, 0.25) is 5.91 Å². The van der Waals surface area contributed by atoms with Gasteiger partial charge in [-0.05, 0) is 44.4 Å². The van der Waals surface area contributed by atoms with Gasteiger partial charge < -0.3 is 19.6 Å². The molecule has 2 aromatic rings. The molecule has 0 fully saturated rings. The first-order chi connectivity index (χ1) is 12.8. The number of aliphatic carboxylic acids is 1. The average molecular weight is 375 g/mol. The molecule has 0 radical (unpaired) electrons. The van der Waals surface area contributed by atoms with Gasteiger partial charge >= 0.3 is 11.6 Å². The molecule has 1 heterocycles. The van der Waals surface area contributed by atoms with Crippen LogP contribution in [0.5, 0.6) is 5.75 Å². The summed E-state index contributed by atoms with van der Waals surface area (Å²) in [4.78, 5) is 35.7. The Morgan fingerprint density at radius 2 is 1.96 bits per heavy atom. The Morgan fingerprint density at radius 1 is 1.26 bits per heavy atom. The second-order valence-electron chi connectivity index (χ2n) is 6.51. The first-order valence-electron chi connectivity index (χ1n) is 8.92. The van der Waals surface area contributed by atoms with Gasteiger partial charge in [0.15, 0.2) is 0 Å². The maximum Gasteiger partial charge on any atom is 0.339 e. The lowest BCUT2D eigenvalue weighted by Gasteiger charge is -2.14. The molecule has 1 atom stereocenters. The van der Waals surface area contributed by atoms with Crippen molar-refractivity contribution >= 4 is 22.8 Å². The van der Waals surface area contributed by atoms with Gasteiger partial charge in [0.1, 0.15) is 17.4 Å². The van der Waals surface area contributed by atoms with Crippen LogP contribution in [0, 0.1) is 13.8 Å². The topological polar surface area (TPSA) is 106 Å². The zero-order chi connectivity index (χ0) is 20.1. The second kappa shape index (κ2) is 8.70. The zero-order valence-corrected chi connectivity index (χ0v) is 16.0. The number of carbonyl (C=O) groups excluding carboxylic acids is 1. The third kappa shape index (κ3) is 4.48. The molecule has 2 N–H and O–H groups in total. The van der Waals surface area contributed by atoms with Gasteiger partial charge in [0.25, 0.3) is 0 Å². The monoisotopic (exact) mass is 375 g/mol. The number of aryl methyl sites for hydroxylation is 2. The number of nitrogens with one attached hydrogen (secondary N) is 1. The van der Waals surface area contributed by atoms with E-state index in [-0.39, 0.29) is 12.8 Å². The van der Waals surface area contributed by atoms with Crippen LogP contribution in [-0.4, -0.2) is 30.1 Å². The fraction of sp³-hybridized carbons (Fsp3) is 0.450. The minimum Gasteiger partial charge on any atom is -0.496 e. The molecule has 0 aliphatic heterocycles. The Hall–Kier alpha value is -2.83. The SMILES string of the molecule is CCCC(NC(=O)CCc1c(C)c2ccc(OC)c(C)c2oc1=O)C(=O)O. The highest BCUT2D eigenvalue weighted by atomic mass is 16.5. The van der Waals surface area contributed by atoms with Gasteiger partial charge in [-0.2, -0.15) is 0 Å². The standard InChI is InChI=1S/C20H25NO6/c1-5-6-15(19(23)24)21-17(22)10-8-14-11(2)13-7-9-16(26-4)12(3)18(13)27-20(14)25/h7,9,15H,5-6,8,10H2,1-4H3,(H,21,22)(H,23,24). The van der Waals surface area contributed by atoms with E-state index < -0.39 is 23.5 Å². The number of fused-ring (bicyclic) bond motifs is 1. The first kappa shape index (κ1) is 20.5.